The molecule has 4 aromatic carbocycles. The van der Waals surface area contributed by atoms with E-state index in [1.807, 2.05) is 66.6 Å². The molecular formula is C31H23F3N4O3. The molecule has 1 aliphatic heterocycles. The molecule has 1 amide bonds. The van der Waals surface area contributed by atoms with E-state index in [4.69, 9.17) is 9.47 Å². The number of halogens is 3. The lowest BCUT2D eigenvalue weighted by Gasteiger charge is -2.20. The Morgan fingerprint density at radius 3 is 2.59 bits per heavy atom. The third-order valence-electron chi connectivity index (χ3n) is 6.74. The van der Waals surface area contributed by atoms with E-state index in [9.17, 15) is 18.0 Å². The van der Waals surface area contributed by atoms with Crippen LogP contribution in [0.25, 0.3) is 23.1 Å². The van der Waals surface area contributed by atoms with Crippen LogP contribution in [0, 0.1) is 0 Å². The van der Waals surface area contributed by atoms with Crippen molar-refractivity contribution in [3.8, 4) is 11.5 Å². The van der Waals surface area contributed by atoms with Crippen molar-refractivity contribution in [1.29, 1.82) is 0 Å². The Labute approximate surface area is 232 Å². The van der Waals surface area contributed by atoms with E-state index in [-0.39, 0.29) is 12.4 Å². The minimum Gasteiger partial charge on any atom is -0.454 e. The van der Waals surface area contributed by atoms with E-state index >= 15 is 0 Å². The summed E-state index contributed by atoms with van der Waals surface area (Å²) in [5, 5.41) is 11.2. The lowest BCUT2D eigenvalue weighted by Crippen LogP contribution is -2.15. The maximum absolute atomic E-state index is 13.1. The zero-order chi connectivity index (χ0) is 28.6. The second kappa shape index (κ2) is 10.4. The molecule has 2 N–H and O–H groups in total. The summed E-state index contributed by atoms with van der Waals surface area (Å²) in [5.74, 6) is 0.815. The Hall–Kier alpha value is -5.25. The van der Waals surface area contributed by atoms with Crippen molar-refractivity contribution in [3.05, 3.63) is 107 Å². The van der Waals surface area contributed by atoms with Gasteiger partial charge in [-0.3, -0.25) is 9.89 Å². The number of hydrogen-bond donors (Lipinski definition) is 2. The minimum atomic E-state index is -4.53. The lowest BCUT2D eigenvalue weighted by atomic mass is 10.1. The highest BCUT2D eigenvalue weighted by Crippen LogP contribution is 2.34. The molecule has 0 spiro atoms. The average molecular weight is 557 g/mol. The Morgan fingerprint density at radius 2 is 1.73 bits per heavy atom. The normalized spacial score (nSPS) is 12.7. The molecule has 0 atom stereocenters. The number of carbonyl (C=O) groups excluding carboxylic acids is 1. The number of H-pyrrole nitrogens is 1. The fourth-order valence-corrected chi connectivity index (χ4v) is 4.54. The highest BCUT2D eigenvalue weighted by molar-refractivity contribution is 6.04. The number of aromatic nitrogens is 2. The molecule has 0 aliphatic carbocycles. The molecule has 206 valence electrons. The van der Waals surface area contributed by atoms with Crippen LogP contribution in [0.3, 0.4) is 0 Å². The first kappa shape index (κ1) is 26.0. The molecular weight excluding hydrogens is 533 g/mol. The number of carbonyl (C=O) groups is 1. The SMILES string of the molecule is CN(c1cccc(NC(=O)c2cccc(C(F)(F)F)c2)c1)c1ccc2c(C=Cc3ccc4c(c3)OCO4)n[nH]c2c1. The van der Waals surface area contributed by atoms with E-state index in [0.29, 0.717) is 11.4 Å². The van der Waals surface area contributed by atoms with Crippen LogP contribution in [0.1, 0.15) is 27.2 Å². The van der Waals surface area contributed by atoms with E-state index < -0.39 is 17.6 Å². The summed E-state index contributed by atoms with van der Waals surface area (Å²) in [4.78, 5) is 14.6. The fraction of sp³-hybridized carbons (Fsp3) is 0.0968. The number of amides is 1. The number of alkyl halides is 3. The van der Waals surface area contributed by atoms with Crippen molar-refractivity contribution in [2.75, 3.05) is 24.1 Å². The number of benzene rings is 4. The van der Waals surface area contributed by atoms with Crippen molar-refractivity contribution in [2.24, 2.45) is 0 Å². The van der Waals surface area contributed by atoms with E-state index in [1.54, 1.807) is 18.2 Å². The Morgan fingerprint density at radius 1 is 0.927 bits per heavy atom. The minimum absolute atomic E-state index is 0.0772. The first-order chi connectivity index (χ1) is 19.7. The van der Waals surface area contributed by atoms with Gasteiger partial charge in [-0.25, -0.2) is 0 Å². The van der Waals surface area contributed by atoms with Gasteiger partial charge in [0.1, 0.15) is 0 Å². The highest BCUT2D eigenvalue weighted by atomic mass is 19.4. The average Bonchev–Trinajstić information content (AvgIpc) is 3.61. The third-order valence-corrected chi connectivity index (χ3v) is 6.74. The zero-order valence-electron chi connectivity index (χ0n) is 21.7. The Balaban J connectivity index is 1.18. The summed E-state index contributed by atoms with van der Waals surface area (Å²) >= 11 is 0. The number of ether oxygens (including phenoxy) is 2. The molecule has 0 fully saturated rings. The predicted octanol–water partition coefficient (Wildman–Crippen LogP) is 7.50. The van der Waals surface area contributed by atoms with Gasteiger partial charge in [0.25, 0.3) is 5.91 Å². The van der Waals surface area contributed by atoms with Crippen molar-refractivity contribution in [3.63, 3.8) is 0 Å². The molecule has 5 aromatic rings. The summed E-state index contributed by atoms with van der Waals surface area (Å²) in [6.45, 7) is 0.224. The molecule has 7 nitrogen and oxygen atoms in total. The smallest absolute Gasteiger partial charge is 0.416 e. The van der Waals surface area contributed by atoms with Gasteiger partial charge >= 0.3 is 6.18 Å². The van der Waals surface area contributed by atoms with Gasteiger partial charge in [-0.1, -0.05) is 24.3 Å². The fourth-order valence-electron chi connectivity index (χ4n) is 4.54. The monoisotopic (exact) mass is 556 g/mol. The molecule has 10 heteroatoms. The lowest BCUT2D eigenvalue weighted by molar-refractivity contribution is -0.137. The maximum Gasteiger partial charge on any atom is 0.416 e. The molecule has 6 rings (SSSR count). The summed E-state index contributed by atoms with van der Waals surface area (Å²) in [6, 6.07) is 23.0. The van der Waals surface area contributed by atoms with Crippen LogP contribution in [0.4, 0.5) is 30.2 Å². The zero-order valence-corrected chi connectivity index (χ0v) is 21.7. The molecule has 0 radical (unpaired) electrons. The summed E-state index contributed by atoms with van der Waals surface area (Å²) in [6.07, 6.45) is -0.647. The molecule has 0 unspecified atom stereocenters. The summed E-state index contributed by atoms with van der Waals surface area (Å²) < 4.78 is 50.0. The molecule has 2 heterocycles. The molecule has 0 saturated heterocycles. The van der Waals surface area contributed by atoms with Crippen LogP contribution >= 0.6 is 0 Å². The largest absolute Gasteiger partial charge is 0.454 e. The van der Waals surface area contributed by atoms with E-state index in [0.717, 1.165) is 51.4 Å². The van der Waals surface area contributed by atoms with Gasteiger partial charge < -0.3 is 19.7 Å². The number of nitrogens with zero attached hydrogens (tertiary/aromatic N) is 2. The topological polar surface area (TPSA) is 79.5 Å². The molecule has 1 aromatic heterocycles. The molecule has 1 aliphatic rings. The van der Waals surface area contributed by atoms with Gasteiger partial charge in [0.05, 0.1) is 16.8 Å². The second-order valence-corrected chi connectivity index (χ2v) is 9.43. The van der Waals surface area contributed by atoms with Gasteiger partial charge in [0, 0.05) is 35.1 Å². The van der Waals surface area contributed by atoms with Gasteiger partial charge in [0.2, 0.25) is 6.79 Å². The van der Waals surface area contributed by atoms with Gasteiger partial charge in [-0.2, -0.15) is 18.3 Å². The van der Waals surface area contributed by atoms with Crippen LogP contribution in [0.2, 0.25) is 0 Å². The maximum atomic E-state index is 13.1. The summed E-state index contributed by atoms with van der Waals surface area (Å²) in [5.41, 5.74) is 3.73. The number of rotatable bonds is 6. The number of fused-ring (bicyclic) bond motifs is 2. The van der Waals surface area contributed by atoms with Gasteiger partial charge in [-0.05, 0) is 78.4 Å². The standard InChI is InChI=1S/C31H23F3N4O3/c1-38(23-7-3-6-22(16-23)35-30(39)20-4-2-5-21(15-20)31(32,33)34)24-10-11-25-26(36-37-27(25)17-24)12-8-19-9-13-28-29(14-19)41-18-40-28/h2-17H,18H2,1H3,(H,35,39)(H,36,37). The van der Waals surface area contributed by atoms with Crippen molar-refractivity contribution in [1.82, 2.24) is 10.2 Å². The molecule has 41 heavy (non-hydrogen) atoms. The van der Waals surface area contributed by atoms with E-state index in [2.05, 4.69) is 15.5 Å². The van der Waals surface area contributed by atoms with Crippen molar-refractivity contribution in [2.45, 2.75) is 6.18 Å². The van der Waals surface area contributed by atoms with Crippen LogP contribution in [-0.4, -0.2) is 29.9 Å². The summed E-state index contributed by atoms with van der Waals surface area (Å²) in [7, 11) is 1.88. The Kier molecular flexibility index (Phi) is 6.58. The number of hydrogen-bond acceptors (Lipinski definition) is 5. The quantitative estimate of drug-likeness (QED) is 0.226. The van der Waals surface area contributed by atoms with Crippen LogP contribution in [-0.2, 0) is 6.18 Å². The predicted molar refractivity (Wildman–Crippen MR) is 151 cm³/mol. The van der Waals surface area contributed by atoms with Gasteiger partial charge in [0.15, 0.2) is 11.5 Å². The number of anilines is 3. The first-order valence-corrected chi connectivity index (χ1v) is 12.6. The van der Waals surface area contributed by atoms with Crippen molar-refractivity contribution < 1.29 is 27.4 Å². The van der Waals surface area contributed by atoms with Crippen LogP contribution in [0.15, 0.2) is 84.9 Å². The third kappa shape index (κ3) is 5.44. The first-order valence-electron chi connectivity index (χ1n) is 12.6. The van der Waals surface area contributed by atoms with Crippen molar-refractivity contribution >= 4 is 46.0 Å². The van der Waals surface area contributed by atoms with Gasteiger partial charge in [-0.15, -0.1) is 0 Å². The Bertz CT molecular complexity index is 1800. The number of nitrogens with one attached hydrogen (secondary N) is 2. The van der Waals surface area contributed by atoms with E-state index in [1.165, 1.54) is 12.1 Å². The molecule has 0 bridgehead atoms. The molecule has 0 saturated carbocycles. The van der Waals surface area contributed by atoms with Crippen LogP contribution < -0.4 is 19.7 Å². The number of aromatic amines is 1. The second-order valence-electron chi connectivity index (χ2n) is 9.43. The highest BCUT2D eigenvalue weighted by Gasteiger charge is 2.31. The van der Waals surface area contributed by atoms with Crippen LogP contribution in [0.5, 0.6) is 11.5 Å².